The molecule has 2 heteroatoms. The molecule has 0 N–H and O–H groups in total. The van der Waals surface area contributed by atoms with Gasteiger partial charge in [0.1, 0.15) is 6.54 Å². The predicted molar refractivity (Wildman–Crippen MR) is 60.5 cm³/mol. The highest BCUT2D eigenvalue weighted by Gasteiger charge is 2.11. The topological polar surface area (TPSA) is 0 Å². The first-order valence-electron chi connectivity index (χ1n) is 4.60. The Bertz CT molecular complexity index is 264. The summed E-state index contributed by atoms with van der Waals surface area (Å²) in [7, 11) is 4.50. The fraction of sp³-hybridized carbons (Fsp3) is 0.455. The molecule has 1 aromatic rings. The fourth-order valence-electron chi connectivity index (χ4n) is 1.20. The van der Waals surface area contributed by atoms with Crippen molar-refractivity contribution in [1.29, 1.82) is 0 Å². The lowest BCUT2D eigenvalue weighted by Gasteiger charge is -2.28. The first kappa shape index (κ1) is 10.7. The summed E-state index contributed by atoms with van der Waals surface area (Å²) >= 11 is 3.44. The van der Waals surface area contributed by atoms with Gasteiger partial charge in [-0.05, 0) is 19.1 Å². The van der Waals surface area contributed by atoms with Crippen molar-refractivity contribution in [3.05, 3.63) is 34.3 Å². The molecule has 0 aliphatic heterocycles. The van der Waals surface area contributed by atoms with E-state index in [0.717, 1.165) is 22.0 Å². The standard InChI is InChI=1S/C11H17BrN/c1-4-13(2,3)9-10-5-7-11(12)8-6-10/h5-8H,4,9H2,1-3H3/q+1. The molecule has 0 saturated heterocycles. The summed E-state index contributed by atoms with van der Waals surface area (Å²) in [6.07, 6.45) is 0. The van der Waals surface area contributed by atoms with Crippen LogP contribution in [-0.2, 0) is 6.54 Å². The van der Waals surface area contributed by atoms with Crippen LogP contribution in [0, 0.1) is 0 Å². The molecule has 13 heavy (non-hydrogen) atoms. The largest absolute Gasteiger partial charge is 0.325 e. The maximum atomic E-state index is 3.44. The predicted octanol–water partition coefficient (Wildman–Crippen LogP) is 3.05. The summed E-state index contributed by atoms with van der Waals surface area (Å²) < 4.78 is 2.19. The van der Waals surface area contributed by atoms with E-state index in [-0.39, 0.29) is 0 Å². The Kier molecular flexibility index (Phi) is 3.51. The Morgan fingerprint density at radius 1 is 1.15 bits per heavy atom. The number of quaternary nitrogens is 1. The number of rotatable bonds is 3. The zero-order valence-electron chi connectivity index (χ0n) is 8.55. The van der Waals surface area contributed by atoms with Crippen molar-refractivity contribution in [2.75, 3.05) is 20.6 Å². The van der Waals surface area contributed by atoms with Gasteiger partial charge < -0.3 is 4.48 Å². The fourth-order valence-corrected chi connectivity index (χ4v) is 1.46. The van der Waals surface area contributed by atoms with Gasteiger partial charge in [-0.15, -0.1) is 0 Å². The third kappa shape index (κ3) is 3.49. The van der Waals surface area contributed by atoms with Crippen molar-refractivity contribution in [2.45, 2.75) is 13.5 Å². The Hall–Kier alpha value is -0.340. The van der Waals surface area contributed by atoms with E-state index in [9.17, 15) is 0 Å². The number of benzene rings is 1. The molecule has 0 heterocycles. The molecule has 1 nitrogen and oxygen atoms in total. The minimum atomic E-state index is 1.04. The summed E-state index contributed by atoms with van der Waals surface area (Å²) in [6, 6.07) is 8.56. The van der Waals surface area contributed by atoms with Crippen molar-refractivity contribution in [2.24, 2.45) is 0 Å². The van der Waals surface area contributed by atoms with Gasteiger partial charge in [0, 0.05) is 10.0 Å². The van der Waals surface area contributed by atoms with Crippen LogP contribution in [0.5, 0.6) is 0 Å². The van der Waals surface area contributed by atoms with Gasteiger partial charge in [-0.25, -0.2) is 0 Å². The van der Waals surface area contributed by atoms with Crippen LogP contribution in [0.2, 0.25) is 0 Å². The average molecular weight is 243 g/mol. The second-order valence-corrected chi connectivity index (χ2v) is 4.95. The first-order chi connectivity index (χ1) is 6.03. The Labute approximate surface area is 89.1 Å². The van der Waals surface area contributed by atoms with E-state index in [1.54, 1.807) is 0 Å². The van der Waals surface area contributed by atoms with Crippen molar-refractivity contribution in [1.82, 2.24) is 0 Å². The van der Waals surface area contributed by atoms with E-state index in [1.807, 2.05) is 0 Å². The van der Waals surface area contributed by atoms with E-state index in [1.165, 1.54) is 5.56 Å². The summed E-state index contributed by atoms with van der Waals surface area (Å²) in [5, 5.41) is 0. The lowest BCUT2D eigenvalue weighted by atomic mass is 10.2. The highest BCUT2D eigenvalue weighted by molar-refractivity contribution is 9.10. The van der Waals surface area contributed by atoms with E-state index in [0.29, 0.717) is 0 Å². The summed E-state index contributed by atoms with van der Waals surface area (Å²) in [6.45, 7) is 4.48. The van der Waals surface area contributed by atoms with Crippen LogP contribution in [0.15, 0.2) is 28.7 Å². The molecular weight excluding hydrogens is 226 g/mol. The first-order valence-corrected chi connectivity index (χ1v) is 5.39. The lowest BCUT2D eigenvalue weighted by molar-refractivity contribution is -0.901. The van der Waals surface area contributed by atoms with Gasteiger partial charge in [0.15, 0.2) is 0 Å². The van der Waals surface area contributed by atoms with E-state index in [2.05, 4.69) is 61.2 Å². The molecule has 0 atom stereocenters. The van der Waals surface area contributed by atoms with E-state index >= 15 is 0 Å². The highest BCUT2D eigenvalue weighted by Crippen LogP contribution is 2.13. The number of nitrogens with zero attached hydrogens (tertiary/aromatic N) is 1. The quantitative estimate of drug-likeness (QED) is 0.716. The zero-order chi connectivity index (χ0) is 9.90. The van der Waals surface area contributed by atoms with Gasteiger partial charge in [-0.3, -0.25) is 0 Å². The molecule has 1 aromatic carbocycles. The smallest absolute Gasteiger partial charge is 0.104 e. The Balaban J connectivity index is 2.69. The molecule has 0 aliphatic carbocycles. The van der Waals surface area contributed by atoms with Crippen LogP contribution in [-0.4, -0.2) is 25.1 Å². The Morgan fingerprint density at radius 3 is 2.15 bits per heavy atom. The van der Waals surface area contributed by atoms with Crippen LogP contribution < -0.4 is 0 Å². The molecule has 0 bridgehead atoms. The normalized spacial score (nSPS) is 11.7. The van der Waals surface area contributed by atoms with Gasteiger partial charge in [0.05, 0.1) is 20.6 Å². The molecule has 1 rings (SSSR count). The van der Waals surface area contributed by atoms with Crippen LogP contribution in [0.1, 0.15) is 12.5 Å². The monoisotopic (exact) mass is 242 g/mol. The molecule has 0 aliphatic rings. The van der Waals surface area contributed by atoms with Crippen molar-refractivity contribution in [3.8, 4) is 0 Å². The Morgan fingerprint density at radius 2 is 1.69 bits per heavy atom. The molecule has 0 amide bonds. The third-order valence-electron chi connectivity index (χ3n) is 2.38. The van der Waals surface area contributed by atoms with Crippen molar-refractivity contribution >= 4 is 15.9 Å². The van der Waals surface area contributed by atoms with Gasteiger partial charge in [-0.1, -0.05) is 28.1 Å². The summed E-state index contributed by atoms with van der Waals surface area (Å²) in [5.74, 6) is 0. The molecule has 0 spiro atoms. The maximum Gasteiger partial charge on any atom is 0.104 e. The molecule has 72 valence electrons. The van der Waals surface area contributed by atoms with Crippen molar-refractivity contribution < 1.29 is 4.48 Å². The number of halogens is 1. The highest BCUT2D eigenvalue weighted by atomic mass is 79.9. The van der Waals surface area contributed by atoms with E-state index in [4.69, 9.17) is 0 Å². The minimum Gasteiger partial charge on any atom is -0.325 e. The molecule has 0 aromatic heterocycles. The van der Waals surface area contributed by atoms with Crippen molar-refractivity contribution in [3.63, 3.8) is 0 Å². The average Bonchev–Trinajstić information content (AvgIpc) is 2.09. The van der Waals surface area contributed by atoms with Crippen LogP contribution >= 0.6 is 15.9 Å². The molecule has 0 unspecified atom stereocenters. The van der Waals surface area contributed by atoms with Gasteiger partial charge in [-0.2, -0.15) is 0 Å². The molecule has 0 saturated carbocycles. The van der Waals surface area contributed by atoms with Gasteiger partial charge in [0.2, 0.25) is 0 Å². The lowest BCUT2D eigenvalue weighted by Crippen LogP contribution is -2.38. The molecule has 0 radical (unpaired) electrons. The van der Waals surface area contributed by atoms with Gasteiger partial charge in [0.25, 0.3) is 0 Å². The summed E-state index contributed by atoms with van der Waals surface area (Å²) in [5.41, 5.74) is 1.40. The third-order valence-corrected chi connectivity index (χ3v) is 2.91. The van der Waals surface area contributed by atoms with Crippen LogP contribution in [0.3, 0.4) is 0 Å². The number of hydrogen-bond donors (Lipinski definition) is 0. The van der Waals surface area contributed by atoms with Gasteiger partial charge >= 0.3 is 0 Å². The van der Waals surface area contributed by atoms with E-state index < -0.39 is 0 Å². The summed E-state index contributed by atoms with van der Waals surface area (Å²) in [4.78, 5) is 0. The SMILES string of the molecule is CC[N+](C)(C)Cc1ccc(Br)cc1. The minimum absolute atomic E-state index is 1.04. The second-order valence-electron chi connectivity index (χ2n) is 4.04. The van der Waals surface area contributed by atoms with Crippen LogP contribution in [0.4, 0.5) is 0 Å². The number of hydrogen-bond acceptors (Lipinski definition) is 0. The van der Waals surface area contributed by atoms with Crippen LogP contribution in [0.25, 0.3) is 0 Å². The zero-order valence-corrected chi connectivity index (χ0v) is 10.1. The molecular formula is C11H17BrN+. The maximum absolute atomic E-state index is 3.44. The molecule has 0 fully saturated rings. The second kappa shape index (κ2) is 4.25.